The van der Waals surface area contributed by atoms with Crippen LogP contribution in [0.4, 0.5) is 5.95 Å². The predicted octanol–water partition coefficient (Wildman–Crippen LogP) is 1.49. The van der Waals surface area contributed by atoms with E-state index in [9.17, 15) is 0 Å². The summed E-state index contributed by atoms with van der Waals surface area (Å²) in [5.41, 5.74) is 0.838. The average Bonchev–Trinajstić information content (AvgIpc) is 2.83. The quantitative estimate of drug-likeness (QED) is 0.850. The van der Waals surface area contributed by atoms with Crippen LogP contribution in [0.3, 0.4) is 0 Å². The Kier molecular flexibility index (Phi) is 4.27. The zero-order valence-corrected chi connectivity index (χ0v) is 11.4. The highest BCUT2D eigenvalue weighted by Gasteiger charge is 2.10. The summed E-state index contributed by atoms with van der Waals surface area (Å²) < 4.78 is 7.19. The standard InChI is InChI=1S/C12H18N6O/c1-4-6-19-12-16-10(9-7-14-18(3)8-9)15-11(17-12)13-5-2/h7-8H,4-6H2,1-3H3,(H,13,15,16,17). The highest BCUT2D eigenvalue weighted by atomic mass is 16.5. The first-order valence-electron chi connectivity index (χ1n) is 6.34. The summed E-state index contributed by atoms with van der Waals surface area (Å²) in [5.74, 6) is 1.08. The fraction of sp³-hybridized carbons (Fsp3) is 0.500. The molecule has 0 unspecified atom stereocenters. The van der Waals surface area contributed by atoms with E-state index in [0.29, 0.717) is 24.4 Å². The molecule has 7 heteroatoms. The van der Waals surface area contributed by atoms with E-state index in [4.69, 9.17) is 4.74 Å². The molecule has 7 nitrogen and oxygen atoms in total. The lowest BCUT2D eigenvalue weighted by Crippen LogP contribution is -2.08. The van der Waals surface area contributed by atoms with Crippen LogP contribution in [-0.2, 0) is 7.05 Å². The molecule has 0 amide bonds. The maximum atomic E-state index is 5.48. The summed E-state index contributed by atoms with van der Waals surface area (Å²) in [6.45, 7) is 5.35. The number of hydrogen-bond donors (Lipinski definition) is 1. The zero-order chi connectivity index (χ0) is 13.7. The topological polar surface area (TPSA) is 77.8 Å². The summed E-state index contributed by atoms with van der Waals surface area (Å²) in [4.78, 5) is 12.9. The molecule has 0 aliphatic carbocycles. The Hall–Kier alpha value is -2.18. The molecular formula is C12H18N6O. The van der Waals surface area contributed by atoms with Gasteiger partial charge in [-0.15, -0.1) is 0 Å². The van der Waals surface area contributed by atoms with E-state index in [0.717, 1.165) is 18.5 Å². The van der Waals surface area contributed by atoms with Gasteiger partial charge in [0.2, 0.25) is 5.95 Å². The second kappa shape index (κ2) is 6.12. The predicted molar refractivity (Wildman–Crippen MR) is 72.0 cm³/mol. The number of hydrogen-bond acceptors (Lipinski definition) is 6. The lowest BCUT2D eigenvalue weighted by atomic mass is 10.3. The number of aryl methyl sites for hydroxylation is 1. The zero-order valence-electron chi connectivity index (χ0n) is 11.4. The first-order valence-corrected chi connectivity index (χ1v) is 6.34. The van der Waals surface area contributed by atoms with Crippen LogP contribution < -0.4 is 10.1 Å². The Bertz CT molecular complexity index is 539. The van der Waals surface area contributed by atoms with Gasteiger partial charge in [0.1, 0.15) is 0 Å². The Morgan fingerprint density at radius 2 is 2.11 bits per heavy atom. The van der Waals surface area contributed by atoms with Crippen molar-refractivity contribution in [2.75, 3.05) is 18.5 Å². The summed E-state index contributed by atoms with van der Waals surface area (Å²) in [5, 5.41) is 7.19. The normalized spacial score (nSPS) is 10.5. The molecule has 2 aromatic rings. The van der Waals surface area contributed by atoms with Gasteiger partial charge in [0.25, 0.3) is 0 Å². The summed E-state index contributed by atoms with van der Waals surface area (Å²) in [7, 11) is 1.85. The fourth-order valence-electron chi connectivity index (χ4n) is 1.52. The number of aromatic nitrogens is 5. The lowest BCUT2D eigenvalue weighted by Gasteiger charge is -2.07. The number of nitrogens with zero attached hydrogens (tertiary/aromatic N) is 5. The second-order valence-corrected chi connectivity index (χ2v) is 4.05. The molecule has 0 bridgehead atoms. The highest BCUT2D eigenvalue weighted by Crippen LogP contribution is 2.17. The van der Waals surface area contributed by atoms with E-state index in [1.54, 1.807) is 10.9 Å². The van der Waals surface area contributed by atoms with Crippen LogP contribution in [-0.4, -0.2) is 37.9 Å². The second-order valence-electron chi connectivity index (χ2n) is 4.05. The highest BCUT2D eigenvalue weighted by molar-refractivity contribution is 5.54. The van der Waals surface area contributed by atoms with Crippen molar-refractivity contribution in [3.05, 3.63) is 12.4 Å². The van der Waals surface area contributed by atoms with Gasteiger partial charge in [-0.2, -0.15) is 20.1 Å². The third-order valence-electron chi connectivity index (χ3n) is 2.35. The van der Waals surface area contributed by atoms with E-state index in [1.165, 1.54) is 0 Å². The first-order chi connectivity index (χ1) is 9.22. The minimum Gasteiger partial charge on any atom is -0.463 e. The van der Waals surface area contributed by atoms with Crippen molar-refractivity contribution in [1.82, 2.24) is 24.7 Å². The number of anilines is 1. The molecule has 0 saturated heterocycles. The van der Waals surface area contributed by atoms with Gasteiger partial charge in [-0.3, -0.25) is 4.68 Å². The molecule has 2 heterocycles. The maximum Gasteiger partial charge on any atom is 0.321 e. The van der Waals surface area contributed by atoms with E-state index in [-0.39, 0.29) is 0 Å². The largest absolute Gasteiger partial charge is 0.463 e. The Balaban J connectivity index is 2.33. The Morgan fingerprint density at radius 3 is 2.74 bits per heavy atom. The van der Waals surface area contributed by atoms with Gasteiger partial charge >= 0.3 is 6.01 Å². The molecular weight excluding hydrogens is 244 g/mol. The molecule has 0 fully saturated rings. The van der Waals surface area contributed by atoms with Gasteiger partial charge in [-0.25, -0.2) is 0 Å². The molecule has 2 aromatic heterocycles. The minimum absolute atomic E-state index is 0.339. The third-order valence-corrected chi connectivity index (χ3v) is 2.35. The summed E-state index contributed by atoms with van der Waals surface area (Å²) in [6.07, 6.45) is 4.48. The van der Waals surface area contributed by atoms with Crippen molar-refractivity contribution >= 4 is 5.95 Å². The molecule has 0 aromatic carbocycles. The van der Waals surface area contributed by atoms with E-state index >= 15 is 0 Å². The van der Waals surface area contributed by atoms with Crippen molar-refractivity contribution in [3.63, 3.8) is 0 Å². The minimum atomic E-state index is 0.339. The number of rotatable bonds is 6. The van der Waals surface area contributed by atoms with Crippen LogP contribution in [0, 0.1) is 0 Å². The van der Waals surface area contributed by atoms with Crippen LogP contribution >= 0.6 is 0 Å². The van der Waals surface area contributed by atoms with Crippen molar-refractivity contribution in [2.45, 2.75) is 20.3 Å². The van der Waals surface area contributed by atoms with E-state index in [2.05, 4.69) is 25.4 Å². The smallest absolute Gasteiger partial charge is 0.321 e. The number of nitrogens with one attached hydrogen (secondary N) is 1. The summed E-state index contributed by atoms with van der Waals surface area (Å²) >= 11 is 0. The monoisotopic (exact) mass is 262 g/mol. The lowest BCUT2D eigenvalue weighted by molar-refractivity contribution is 0.292. The summed E-state index contributed by atoms with van der Waals surface area (Å²) in [6, 6.07) is 0.339. The van der Waals surface area contributed by atoms with E-state index in [1.807, 2.05) is 27.1 Å². The molecule has 1 N–H and O–H groups in total. The van der Waals surface area contributed by atoms with Gasteiger partial charge in [-0.1, -0.05) is 6.92 Å². The van der Waals surface area contributed by atoms with Gasteiger partial charge in [-0.05, 0) is 13.3 Å². The molecule has 2 rings (SSSR count). The van der Waals surface area contributed by atoms with Crippen LogP contribution in [0.2, 0.25) is 0 Å². The Labute approximate surface area is 112 Å². The van der Waals surface area contributed by atoms with Gasteiger partial charge < -0.3 is 10.1 Å². The van der Waals surface area contributed by atoms with Crippen molar-refractivity contribution < 1.29 is 4.74 Å². The fourth-order valence-corrected chi connectivity index (χ4v) is 1.52. The van der Waals surface area contributed by atoms with Crippen LogP contribution in [0.1, 0.15) is 20.3 Å². The number of ether oxygens (including phenoxy) is 1. The molecule has 0 atom stereocenters. The van der Waals surface area contributed by atoms with Crippen LogP contribution in [0.25, 0.3) is 11.4 Å². The average molecular weight is 262 g/mol. The van der Waals surface area contributed by atoms with Crippen molar-refractivity contribution in [2.24, 2.45) is 7.05 Å². The van der Waals surface area contributed by atoms with Crippen molar-refractivity contribution in [1.29, 1.82) is 0 Å². The van der Waals surface area contributed by atoms with Gasteiger partial charge in [0.15, 0.2) is 5.82 Å². The first kappa shape index (κ1) is 13.3. The molecule has 0 spiro atoms. The third kappa shape index (κ3) is 3.40. The van der Waals surface area contributed by atoms with Gasteiger partial charge in [0, 0.05) is 19.8 Å². The SMILES string of the molecule is CCCOc1nc(NCC)nc(-c2cnn(C)c2)n1. The molecule has 0 aliphatic rings. The van der Waals surface area contributed by atoms with E-state index < -0.39 is 0 Å². The molecule has 19 heavy (non-hydrogen) atoms. The molecule has 0 radical (unpaired) electrons. The van der Waals surface area contributed by atoms with Crippen LogP contribution in [0.5, 0.6) is 6.01 Å². The maximum absolute atomic E-state index is 5.48. The van der Waals surface area contributed by atoms with Crippen LogP contribution in [0.15, 0.2) is 12.4 Å². The molecule has 0 aliphatic heterocycles. The Morgan fingerprint density at radius 1 is 1.26 bits per heavy atom. The molecule has 0 saturated carbocycles. The van der Waals surface area contributed by atoms with Gasteiger partial charge in [0.05, 0.1) is 18.4 Å². The molecule has 102 valence electrons. The van der Waals surface area contributed by atoms with Crippen molar-refractivity contribution in [3.8, 4) is 17.4 Å².